The maximum atomic E-state index is 12.7. The van der Waals surface area contributed by atoms with Crippen LogP contribution in [0, 0.1) is 23.7 Å². The molecule has 4 heteroatoms. The standard InChI is InChI=1S/C15H27N3O/c1-10(12-4-5-12)11(2)15(19)18-7-6-13-8-17(16-3)9-14(13)18/h10-14,16H,4-9H2,1-3H3/t10-,11-,13?,14?/m1/s1. The van der Waals surface area contributed by atoms with Crippen molar-refractivity contribution in [2.24, 2.45) is 23.7 Å². The Hall–Kier alpha value is -0.610. The van der Waals surface area contributed by atoms with Crippen LogP contribution in [0.1, 0.15) is 33.1 Å². The molecule has 4 nitrogen and oxygen atoms in total. The van der Waals surface area contributed by atoms with E-state index in [0.29, 0.717) is 23.8 Å². The highest BCUT2D eigenvalue weighted by molar-refractivity contribution is 5.79. The van der Waals surface area contributed by atoms with Crippen LogP contribution in [0.3, 0.4) is 0 Å². The molecule has 0 aromatic carbocycles. The molecule has 3 fully saturated rings. The number of nitrogens with zero attached hydrogens (tertiary/aromatic N) is 2. The van der Waals surface area contributed by atoms with Gasteiger partial charge in [-0.1, -0.05) is 13.8 Å². The molecule has 3 aliphatic rings. The quantitative estimate of drug-likeness (QED) is 0.833. The van der Waals surface area contributed by atoms with E-state index in [-0.39, 0.29) is 5.92 Å². The highest BCUT2D eigenvalue weighted by Gasteiger charge is 2.45. The van der Waals surface area contributed by atoms with E-state index in [9.17, 15) is 4.79 Å². The first-order chi connectivity index (χ1) is 9.11. The number of carbonyl (C=O) groups is 1. The Morgan fingerprint density at radius 1 is 1.21 bits per heavy atom. The molecular formula is C15H27N3O. The lowest BCUT2D eigenvalue weighted by molar-refractivity contribution is -0.137. The minimum Gasteiger partial charge on any atom is -0.338 e. The van der Waals surface area contributed by atoms with Crippen LogP contribution in [0.15, 0.2) is 0 Å². The van der Waals surface area contributed by atoms with Crippen molar-refractivity contribution in [1.82, 2.24) is 15.3 Å². The minimum absolute atomic E-state index is 0.204. The molecule has 2 heterocycles. The zero-order valence-electron chi connectivity index (χ0n) is 12.4. The molecule has 1 amide bonds. The zero-order valence-corrected chi connectivity index (χ0v) is 12.4. The maximum absolute atomic E-state index is 12.7. The number of carbonyl (C=O) groups excluding carboxylic acids is 1. The first kappa shape index (κ1) is 13.4. The van der Waals surface area contributed by atoms with Crippen molar-refractivity contribution in [3.05, 3.63) is 0 Å². The van der Waals surface area contributed by atoms with Crippen molar-refractivity contribution in [2.75, 3.05) is 26.7 Å². The van der Waals surface area contributed by atoms with E-state index in [4.69, 9.17) is 0 Å². The fourth-order valence-corrected chi connectivity index (χ4v) is 3.93. The van der Waals surface area contributed by atoms with Crippen LogP contribution in [0.4, 0.5) is 0 Å². The van der Waals surface area contributed by atoms with E-state index >= 15 is 0 Å². The fraction of sp³-hybridized carbons (Fsp3) is 0.933. The van der Waals surface area contributed by atoms with Gasteiger partial charge in [0.2, 0.25) is 5.91 Å². The lowest BCUT2D eigenvalue weighted by atomic mass is 9.90. The van der Waals surface area contributed by atoms with Gasteiger partial charge in [-0.3, -0.25) is 10.2 Å². The van der Waals surface area contributed by atoms with Crippen LogP contribution < -0.4 is 5.43 Å². The second kappa shape index (κ2) is 5.06. The molecule has 0 aromatic heterocycles. The normalized spacial score (nSPS) is 34.4. The number of likely N-dealkylation sites (tertiary alicyclic amines) is 1. The molecule has 2 aliphatic heterocycles. The summed E-state index contributed by atoms with van der Waals surface area (Å²) < 4.78 is 0. The van der Waals surface area contributed by atoms with Gasteiger partial charge in [0.05, 0.1) is 0 Å². The molecule has 2 saturated heterocycles. The fourth-order valence-electron chi connectivity index (χ4n) is 3.93. The van der Waals surface area contributed by atoms with E-state index in [1.165, 1.54) is 19.3 Å². The van der Waals surface area contributed by atoms with Crippen molar-refractivity contribution in [3.8, 4) is 0 Å². The van der Waals surface area contributed by atoms with E-state index in [0.717, 1.165) is 25.6 Å². The molecule has 1 N–H and O–H groups in total. The molecule has 1 saturated carbocycles. The van der Waals surface area contributed by atoms with Crippen molar-refractivity contribution in [3.63, 3.8) is 0 Å². The number of nitrogens with one attached hydrogen (secondary N) is 1. The third-order valence-electron chi connectivity index (χ3n) is 5.69. The summed E-state index contributed by atoms with van der Waals surface area (Å²) in [6, 6.07) is 0.453. The first-order valence-electron chi connectivity index (χ1n) is 7.84. The molecule has 19 heavy (non-hydrogen) atoms. The number of hydrogen-bond acceptors (Lipinski definition) is 3. The molecule has 0 aromatic rings. The van der Waals surface area contributed by atoms with Gasteiger partial charge in [0.15, 0.2) is 0 Å². The average molecular weight is 265 g/mol. The Bertz CT molecular complexity index is 355. The molecule has 2 unspecified atom stereocenters. The van der Waals surface area contributed by atoms with Gasteiger partial charge >= 0.3 is 0 Å². The van der Waals surface area contributed by atoms with E-state index in [1.54, 1.807) is 0 Å². The molecule has 3 rings (SSSR count). The van der Waals surface area contributed by atoms with Gasteiger partial charge in [-0.25, -0.2) is 5.01 Å². The molecule has 0 spiro atoms. The summed E-state index contributed by atoms with van der Waals surface area (Å²) in [6.07, 6.45) is 3.84. The van der Waals surface area contributed by atoms with Gasteiger partial charge in [-0.2, -0.15) is 0 Å². The molecule has 0 bridgehead atoms. The minimum atomic E-state index is 0.204. The van der Waals surface area contributed by atoms with Crippen LogP contribution in [-0.4, -0.2) is 48.5 Å². The predicted molar refractivity (Wildman–Crippen MR) is 75.3 cm³/mol. The Balaban J connectivity index is 1.63. The van der Waals surface area contributed by atoms with Crippen LogP contribution in [0.5, 0.6) is 0 Å². The largest absolute Gasteiger partial charge is 0.338 e. The Morgan fingerprint density at radius 3 is 2.58 bits per heavy atom. The monoisotopic (exact) mass is 265 g/mol. The van der Waals surface area contributed by atoms with Crippen molar-refractivity contribution in [1.29, 1.82) is 0 Å². The lowest BCUT2D eigenvalue weighted by Crippen LogP contribution is -2.45. The smallest absolute Gasteiger partial charge is 0.225 e. The summed E-state index contributed by atoms with van der Waals surface area (Å²) >= 11 is 0. The second-order valence-electron chi connectivity index (χ2n) is 6.76. The lowest BCUT2D eigenvalue weighted by Gasteiger charge is -2.30. The van der Waals surface area contributed by atoms with Gasteiger partial charge in [0.1, 0.15) is 0 Å². The van der Waals surface area contributed by atoms with Gasteiger partial charge in [0.25, 0.3) is 0 Å². The highest BCUT2D eigenvalue weighted by atomic mass is 16.2. The van der Waals surface area contributed by atoms with E-state index < -0.39 is 0 Å². The average Bonchev–Trinajstić information content (AvgIpc) is 3.07. The van der Waals surface area contributed by atoms with Gasteiger partial charge in [0, 0.05) is 31.6 Å². The molecule has 0 radical (unpaired) electrons. The molecule has 4 atom stereocenters. The third-order valence-corrected chi connectivity index (χ3v) is 5.69. The van der Waals surface area contributed by atoms with Crippen molar-refractivity contribution >= 4 is 5.91 Å². The SMILES string of the molecule is CNN1CC2CCN(C(=O)[C@H](C)[C@@H](C)C3CC3)C2C1. The van der Waals surface area contributed by atoms with Gasteiger partial charge in [-0.15, -0.1) is 0 Å². The van der Waals surface area contributed by atoms with Crippen molar-refractivity contribution < 1.29 is 4.79 Å². The third kappa shape index (κ3) is 2.40. The molecule has 1 aliphatic carbocycles. The van der Waals surface area contributed by atoms with Crippen LogP contribution in [0.25, 0.3) is 0 Å². The maximum Gasteiger partial charge on any atom is 0.225 e. The summed E-state index contributed by atoms with van der Waals surface area (Å²) in [5.41, 5.74) is 3.23. The summed E-state index contributed by atoms with van der Waals surface area (Å²) in [5.74, 6) is 2.67. The summed E-state index contributed by atoms with van der Waals surface area (Å²) in [5, 5.41) is 2.25. The summed E-state index contributed by atoms with van der Waals surface area (Å²) in [7, 11) is 1.98. The number of hydrazine groups is 1. The number of hydrogen-bond donors (Lipinski definition) is 1. The second-order valence-corrected chi connectivity index (χ2v) is 6.76. The van der Waals surface area contributed by atoms with Crippen LogP contribution >= 0.6 is 0 Å². The number of fused-ring (bicyclic) bond motifs is 1. The topological polar surface area (TPSA) is 35.6 Å². The first-order valence-corrected chi connectivity index (χ1v) is 7.84. The van der Waals surface area contributed by atoms with Gasteiger partial charge in [-0.05, 0) is 44.1 Å². The Kier molecular flexibility index (Phi) is 3.56. The van der Waals surface area contributed by atoms with Crippen LogP contribution in [-0.2, 0) is 4.79 Å². The number of rotatable bonds is 4. The van der Waals surface area contributed by atoms with E-state index in [1.807, 2.05) is 7.05 Å². The Morgan fingerprint density at radius 2 is 1.95 bits per heavy atom. The number of amides is 1. The van der Waals surface area contributed by atoms with Crippen molar-refractivity contribution in [2.45, 2.75) is 39.2 Å². The highest BCUT2D eigenvalue weighted by Crippen LogP contribution is 2.41. The zero-order chi connectivity index (χ0) is 13.6. The predicted octanol–water partition coefficient (Wildman–Crippen LogP) is 1.34. The molecular weight excluding hydrogens is 238 g/mol. The summed E-state index contributed by atoms with van der Waals surface area (Å²) in [4.78, 5) is 14.9. The van der Waals surface area contributed by atoms with Gasteiger partial charge < -0.3 is 4.90 Å². The van der Waals surface area contributed by atoms with Crippen LogP contribution in [0.2, 0.25) is 0 Å². The Labute approximate surface area is 116 Å². The summed E-state index contributed by atoms with van der Waals surface area (Å²) in [6.45, 7) is 7.48. The van der Waals surface area contributed by atoms with E-state index in [2.05, 4.69) is 29.2 Å². The molecule has 108 valence electrons.